The SMILES string of the molecule is CSc1ccc(NC(=O)c2cccc(CN3CCOCC3)c2)cc1. The first-order valence-corrected chi connectivity index (χ1v) is 9.31. The Morgan fingerprint density at radius 2 is 1.92 bits per heavy atom. The van der Waals surface area contributed by atoms with Crippen molar-refractivity contribution in [2.75, 3.05) is 37.9 Å². The molecule has 1 N–H and O–H groups in total. The van der Waals surface area contributed by atoms with Gasteiger partial charge in [-0.15, -0.1) is 11.8 Å². The van der Waals surface area contributed by atoms with E-state index < -0.39 is 0 Å². The Balaban J connectivity index is 1.64. The van der Waals surface area contributed by atoms with E-state index in [1.807, 2.05) is 48.7 Å². The maximum absolute atomic E-state index is 12.5. The second-order valence-corrected chi connectivity index (χ2v) is 6.65. The Kier molecular flexibility index (Phi) is 5.91. The van der Waals surface area contributed by atoms with Crippen LogP contribution < -0.4 is 5.32 Å². The van der Waals surface area contributed by atoms with Crippen molar-refractivity contribution in [3.05, 3.63) is 59.7 Å². The highest BCUT2D eigenvalue weighted by Crippen LogP contribution is 2.18. The Morgan fingerprint density at radius 1 is 1.17 bits per heavy atom. The first kappa shape index (κ1) is 17.0. The zero-order valence-corrected chi connectivity index (χ0v) is 14.6. The number of carbonyl (C=O) groups is 1. The quantitative estimate of drug-likeness (QED) is 0.845. The van der Waals surface area contributed by atoms with Gasteiger partial charge in [0.2, 0.25) is 0 Å². The van der Waals surface area contributed by atoms with Gasteiger partial charge in [-0.2, -0.15) is 0 Å². The topological polar surface area (TPSA) is 41.6 Å². The van der Waals surface area contributed by atoms with Gasteiger partial charge in [-0.1, -0.05) is 12.1 Å². The maximum Gasteiger partial charge on any atom is 0.255 e. The third-order valence-electron chi connectivity index (χ3n) is 4.05. The monoisotopic (exact) mass is 342 g/mol. The number of benzene rings is 2. The molecule has 0 spiro atoms. The van der Waals surface area contributed by atoms with Gasteiger partial charge in [0.05, 0.1) is 13.2 Å². The highest BCUT2D eigenvalue weighted by atomic mass is 32.2. The van der Waals surface area contributed by atoms with Gasteiger partial charge in [0.25, 0.3) is 5.91 Å². The van der Waals surface area contributed by atoms with E-state index in [9.17, 15) is 4.79 Å². The van der Waals surface area contributed by atoms with Crippen LogP contribution in [-0.4, -0.2) is 43.4 Å². The lowest BCUT2D eigenvalue weighted by atomic mass is 10.1. The summed E-state index contributed by atoms with van der Waals surface area (Å²) in [6, 6.07) is 15.7. The molecule has 1 amide bonds. The van der Waals surface area contributed by atoms with Crippen molar-refractivity contribution < 1.29 is 9.53 Å². The lowest BCUT2D eigenvalue weighted by Gasteiger charge is -2.26. The predicted octanol–water partition coefficient (Wildman–Crippen LogP) is 3.49. The van der Waals surface area contributed by atoms with Gasteiger partial charge >= 0.3 is 0 Å². The molecule has 0 aromatic heterocycles. The van der Waals surface area contributed by atoms with Crippen LogP contribution in [0.2, 0.25) is 0 Å². The summed E-state index contributed by atoms with van der Waals surface area (Å²) in [6.45, 7) is 4.31. The van der Waals surface area contributed by atoms with Gasteiger partial charge in [-0.3, -0.25) is 9.69 Å². The summed E-state index contributed by atoms with van der Waals surface area (Å²) in [5.74, 6) is -0.0734. The van der Waals surface area contributed by atoms with Gasteiger partial charge in [-0.05, 0) is 48.2 Å². The van der Waals surface area contributed by atoms with Crippen molar-refractivity contribution in [2.24, 2.45) is 0 Å². The van der Waals surface area contributed by atoms with E-state index in [1.165, 1.54) is 4.90 Å². The maximum atomic E-state index is 12.5. The van der Waals surface area contributed by atoms with Crippen molar-refractivity contribution in [1.29, 1.82) is 0 Å². The molecule has 1 aliphatic rings. The van der Waals surface area contributed by atoms with Gasteiger partial charge in [-0.25, -0.2) is 0 Å². The molecule has 5 heteroatoms. The number of hydrogen-bond donors (Lipinski definition) is 1. The molecule has 1 heterocycles. The number of thioether (sulfide) groups is 1. The molecule has 2 aromatic carbocycles. The third-order valence-corrected chi connectivity index (χ3v) is 4.79. The minimum absolute atomic E-state index is 0.0734. The summed E-state index contributed by atoms with van der Waals surface area (Å²) < 4.78 is 5.37. The third kappa shape index (κ3) is 4.60. The number of nitrogens with zero attached hydrogens (tertiary/aromatic N) is 1. The molecule has 1 saturated heterocycles. The molecule has 1 aliphatic heterocycles. The smallest absolute Gasteiger partial charge is 0.255 e. The van der Waals surface area contributed by atoms with E-state index in [0.29, 0.717) is 5.56 Å². The average Bonchev–Trinajstić information content (AvgIpc) is 2.63. The van der Waals surface area contributed by atoms with Crippen LogP contribution >= 0.6 is 11.8 Å². The molecule has 0 saturated carbocycles. The van der Waals surface area contributed by atoms with E-state index in [4.69, 9.17) is 4.74 Å². The van der Waals surface area contributed by atoms with Crippen LogP contribution in [0.5, 0.6) is 0 Å². The summed E-state index contributed by atoms with van der Waals surface area (Å²) in [5.41, 5.74) is 2.66. The molecule has 126 valence electrons. The summed E-state index contributed by atoms with van der Waals surface area (Å²) in [7, 11) is 0. The number of amides is 1. The summed E-state index contributed by atoms with van der Waals surface area (Å²) in [4.78, 5) is 16.0. The molecule has 1 fully saturated rings. The summed E-state index contributed by atoms with van der Waals surface area (Å²) in [6.07, 6.45) is 2.04. The first-order valence-electron chi connectivity index (χ1n) is 8.09. The Bertz CT molecular complexity index is 682. The van der Waals surface area contributed by atoms with Gasteiger partial charge in [0.1, 0.15) is 0 Å². The zero-order valence-electron chi connectivity index (χ0n) is 13.8. The van der Waals surface area contributed by atoms with Crippen LogP contribution in [0.3, 0.4) is 0 Å². The Hall–Kier alpha value is -1.82. The normalized spacial score (nSPS) is 15.2. The number of morpholine rings is 1. The van der Waals surface area contributed by atoms with Crippen molar-refractivity contribution in [3.63, 3.8) is 0 Å². The number of ether oxygens (including phenoxy) is 1. The lowest BCUT2D eigenvalue weighted by molar-refractivity contribution is 0.0342. The number of hydrogen-bond acceptors (Lipinski definition) is 4. The molecule has 0 aliphatic carbocycles. The molecule has 4 nitrogen and oxygen atoms in total. The van der Waals surface area contributed by atoms with Crippen LogP contribution in [-0.2, 0) is 11.3 Å². The van der Waals surface area contributed by atoms with Crippen molar-refractivity contribution >= 4 is 23.4 Å². The molecule has 24 heavy (non-hydrogen) atoms. The van der Waals surface area contributed by atoms with Crippen LogP contribution in [0.25, 0.3) is 0 Å². The zero-order chi connectivity index (χ0) is 16.8. The van der Waals surface area contributed by atoms with Gasteiger partial charge < -0.3 is 10.1 Å². The molecule has 0 unspecified atom stereocenters. The number of carbonyl (C=O) groups excluding carboxylic acids is 1. The lowest BCUT2D eigenvalue weighted by Crippen LogP contribution is -2.35. The first-order chi connectivity index (χ1) is 11.7. The summed E-state index contributed by atoms with van der Waals surface area (Å²) in [5, 5.41) is 2.96. The standard InChI is InChI=1S/C19H22N2O2S/c1-24-18-7-5-17(6-8-18)20-19(22)16-4-2-3-15(13-16)14-21-9-11-23-12-10-21/h2-8,13H,9-12,14H2,1H3,(H,20,22). The van der Waals surface area contributed by atoms with E-state index in [-0.39, 0.29) is 5.91 Å². The summed E-state index contributed by atoms with van der Waals surface area (Å²) >= 11 is 1.68. The molecule has 2 aromatic rings. The number of nitrogens with one attached hydrogen (secondary N) is 1. The van der Waals surface area contributed by atoms with Crippen molar-refractivity contribution in [2.45, 2.75) is 11.4 Å². The molecule has 0 atom stereocenters. The molecular formula is C19H22N2O2S. The van der Waals surface area contributed by atoms with E-state index >= 15 is 0 Å². The highest BCUT2D eigenvalue weighted by Gasteiger charge is 2.12. The van der Waals surface area contributed by atoms with E-state index in [0.717, 1.165) is 44.1 Å². The largest absolute Gasteiger partial charge is 0.379 e. The average molecular weight is 342 g/mol. The van der Waals surface area contributed by atoms with Gasteiger partial charge in [0, 0.05) is 35.8 Å². The fourth-order valence-electron chi connectivity index (χ4n) is 2.71. The molecular weight excluding hydrogens is 320 g/mol. The van der Waals surface area contributed by atoms with Crippen molar-refractivity contribution in [1.82, 2.24) is 4.90 Å². The minimum atomic E-state index is -0.0734. The van der Waals surface area contributed by atoms with Gasteiger partial charge in [0.15, 0.2) is 0 Å². The van der Waals surface area contributed by atoms with E-state index in [2.05, 4.69) is 16.3 Å². The fourth-order valence-corrected chi connectivity index (χ4v) is 3.11. The van der Waals surface area contributed by atoms with Crippen LogP contribution in [0.1, 0.15) is 15.9 Å². The van der Waals surface area contributed by atoms with Crippen LogP contribution in [0, 0.1) is 0 Å². The predicted molar refractivity (Wildman–Crippen MR) is 98.7 cm³/mol. The van der Waals surface area contributed by atoms with Crippen LogP contribution in [0.15, 0.2) is 53.4 Å². The molecule has 3 rings (SSSR count). The molecule has 0 bridgehead atoms. The number of rotatable bonds is 5. The second-order valence-electron chi connectivity index (χ2n) is 5.77. The number of anilines is 1. The Morgan fingerprint density at radius 3 is 2.62 bits per heavy atom. The fraction of sp³-hybridized carbons (Fsp3) is 0.316. The second kappa shape index (κ2) is 8.33. The van der Waals surface area contributed by atoms with Crippen LogP contribution in [0.4, 0.5) is 5.69 Å². The van der Waals surface area contributed by atoms with E-state index in [1.54, 1.807) is 11.8 Å². The highest BCUT2D eigenvalue weighted by molar-refractivity contribution is 7.98. The minimum Gasteiger partial charge on any atom is -0.379 e. The Labute approximate surface area is 147 Å². The molecule has 0 radical (unpaired) electrons. The van der Waals surface area contributed by atoms with Crippen molar-refractivity contribution in [3.8, 4) is 0 Å².